The molecule has 6 aromatic carbocycles. The minimum atomic E-state index is 0.0123. The number of furan rings is 1. The van der Waals surface area contributed by atoms with E-state index in [1.165, 1.54) is 55.2 Å². The highest BCUT2D eigenvalue weighted by molar-refractivity contribution is 6.11. The standard InChI is InChI=1S/C39H27NO/c1-39(2)33-12-6-3-9-27(33)30-21-24(15-18-34(30)39)25-16-19-37-31(22-25)32-23-26(17-20-38(32)41-37)40-35-13-7-4-10-28(35)29-11-5-8-14-36(29)40/h3-23H,1-2H3. The third kappa shape index (κ3) is 3.08. The molecule has 0 N–H and O–H groups in total. The van der Waals surface area contributed by atoms with Gasteiger partial charge in [-0.3, -0.25) is 0 Å². The largest absolute Gasteiger partial charge is 0.456 e. The van der Waals surface area contributed by atoms with E-state index in [-0.39, 0.29) is 5.41 Å². The summed E-state index contributed by atoms with van der Waals surface area (Å²) < 4.78 is 8.70. The fourth-order valence-electron chi connectivity index (χ4n) is 7.18. The van der Waals surface area contributed by atoms with Crippen molar-refractivity contribution in [3.8, 4) is 27.9 Å². The SMILES string of the molecule is CC1(C)c2ccccc2-c2cc(-c3ccc4oc5ccc(-n6c7ccccc7c7ccccc76)cc5c4c3)ccc21. The van der Waals surface area contributed by atoms with E-state index in [4.69, 9.17) is 4.42 Å². The van der Waals surface area contributed by atoms with E-state index in [0.717, 1.165) is 27.6 Å². The van der Waals surface area contributed by atoms with Gasteiger partial charge in [0.1, 0.15) is 11.2 Å². The minimum absolute atomic E-state index is 0.0123. The molecule has 0 unspecified atom stereocenters. The fourth-order valence-corrected chi connectivity index (χ4v) is 7.18. The van der Waals surface area contributed by atoms with E-state index < -0.39 is 0 Å². The molecule has 194 valence electrons. The van der Waals surface area contributed by atoms with E-state index in [0.29, 0.717) is 0 Å². The van der Waals surface area contributed by atoms with Gasteiger partial charge in [0.2, 0.25) is 0 Å². The Morgan fingerprint density at radius 2 is 1.07 bits per heavy atom. The fraction of sp³-hybridized carbons (Fsp3) is 0.0769. The molecule has 0 saturated carbocycles. The Balaban J connectivity index is 1.23. The quantitative estimate of drug-likeness (QED) is 0.219. The number of rotatable bonds is 2. The first-order chi connectivity index (χ1) is 20.1. The van der Waals surface area contributed by atoms with Crippen molar-refractivity contribution >= 4 is 43.7 Å². The number of benzene rings is 6. The lowest BCUT2D eigenvalue weighted by atomic mass is 9.82. The minimum Gasteiger partial charge on any atom is -0.456 e. The summed E-state index contributed by atoms with van der Waals surface area (Å²) in [5.74, 6) is 0. The van der Waals surface area contributed by atoms with Crippen molar-refractivity contribution in [2.24, 2.45) is 0 Å². The normalized spacial score (nSPS) is 13.8. The van der Waals surface area contributed by atoms with Crippen LogP contribution >= 0.6 is 0 Å². The Kier molecular flexibility index (Phi) is 4.42. The molecule has 2 heterocycles. The Morgan fingerprint density at radius 1 is 0.488 bits per heavy atom. The summed E-state index contributed by atoms with van der Waals surface area (Å²) in [5.41, 5.74) is 13.3. The predicted molar refractivity (Wildman–Crippen MR) is 171 cm³/mol. The number of para-hydroxylation sites is 2. The highest BCUT2D eigenvalue weighted by Crippen LogP contribution is 2.49. The maximum atomic E-state index is 6.33. The lowest BCUT2D eigenvalue weighted by Crippen LogP contribution is -2.14. The van der Waals surface area contributed by atoms with Crippen LogP contribution < -0.4 is 0 Å². The van der Waals surface area contributed by atoms with Gasteiger partial charge >= 0.3 is 0 Å². The topological polar surface area (TPSA) is 18.1 Å². The van der Waals surface area contributed by atoms with Crippen molar-refractivity contribution in [1.82, 2.24) is 4.57 Å². The van der Waals surface area contributed by atoms with Crippen LogP contribution in [0.15, 0.2) is 132 Å². The van der Waals surface area contributed by atoms with Gasteiger partial charge in [0, 0.05) is 32.6 Å². The predicted octanol–water partition coefficient (Wildman–Crippen LogP) is 10.7. The van der Waals surface area contributed by atoms with Gasteiger partial charge < -0.3 is 8.98 Å². The molecule has 41 heavy (non-hydrogen) atoms. The zero-order chi connectivity index (χ0) is 27.3. The van der Waals surface area contributed by atoms with E-state index >= 15 is 0 Å². The van der Waals surface area contributed by atoms with Crippen LogP contribution in [0.2, 0.25) is 0 Å². The molecular weight excluding hydrogens is 498 g/mol. The van der Waals surface area contributed by atoms with Crippen molar-refractivity contribution in [1.29, 1.82) is 0 Å². The maximum Gasteiger partial charge on any atom is 0.135 e. The van der Waals surface area contributed by atoms with Crippen LogP contribution in [0.5, 0.6) is 0 Å². The van der Waals surface area contributed by atoms with Crippen molar-refractivity contribution in [2.45, 2.75) is 19.3 Å². The van der Waals surface area contributed by atoms with E-state index in [9.17, 15) is 0 Å². The van der Waals surface area contributed by atoms with Crippen LogP contribution in [0.3, 0.4) is 0 Å². The molecule has 0 spiro atoms. The highest BCUT2D eigenvalue weighted by atomic mass is 16.3. The van der Waals surface area contributed by atoms with Crippen LogP contribution in [0, 0.1) is 0 Å². The van der Waals surface area contributed by atoms with Crippen LogP contribution in [-0.4, -0.2) is 4.57 Å². The molecule has 2 nitrogen and oxygen atoms in total. The van der Waals surface area contributed by atoms with Gasteiger partial charge in [-0.15, -0.1) is 0 Å². The Morgan fingerprint density at radius 3 is 1.85 bits per heavy atom. The third-order valence-corrected chi connectivity index (χ3v) is 9.21. The van der Waals surface area contributed by atoms with Crippen molar-refractivity contribution in [3.05, 3.63) is 139 Å². The van der Waals surface area contributed by atoms with Crippen LogP contribution in [0.1, 0.15) is 25.0 Å². The van der Waals surface area contributed by atoms with E-state index in [1.54, 1.807) is 0 Å². The highest BCUT2D eigenvalue weighted by Gasteiger charge is 2.35. The van der Waals surface area contributed by atoms with Gasteiger partial charge in [-0.1, -0.05) is 92.7 Å². The van der Waals surface area contributed by atoms with Crippen molar-refractivity contribution in [2.75, 3.05) is 0 Å². The van der Waals surface area contributed by atoms with Gasteiger partial charge in [0.15, 0.2) is 0 Å². The Hall–Kier alpha value is -5.08. The van der Waals surface area contributed by atoms with Gasteiger partial charge in [-0.25, -0.2) is 0 Å². The van der Waals surface area contributed by atoms with Crippen LogP contribution in [-0.2, 0) is 5.41 Å². The molecule has 0 atom stereocenters. The van der Waals surface area contributed by atoms with Crippen molar-refractivity contribution < 1.29 is 4.42 Å². The number of hydrogen-bond donors (Lipinski definition) is 0. The van der Waals surface area contributed by atoms with E-state index in [2.05, 4.69) is 146 Å². The molecule has 8 aromatic rings. The van der Waals surface area contributed by atoms with Gasteiger partial charge in [0.05, 0.1) is 11.0 Å². The van der Waals surface area contributed by atoms with Gasteiger partial charge in [-0.2, -0.15) is 0 Å². The second-order valence-corrected chi connectivity index (χ2v) is 11.8. The molecular formula is C39H27NO. The second-order valence-electron chi connectivity index (χ2n) is 11.8. The molecule has 0 bridgehead atoms. The monoisotopic (exact) mass is 525 g/mol. The van der Waals surface area contributed by atoms with E-state index in [1.807, 2.05) is 0 Å². The summed E-state index contributed by atoms with van der Waals surface area (Å²) in [6.07, 6.45) is 0. The summed E-state index contributed by atoms with van der Waals surface area (Å²) in [4.78, 5) is 0. The second kappa shape index (κ2) is 7.99. The molecule has 9 rings (SSSR count). The smallest absolute Gasteiger partial charge is 0.135 e. The van der Waals surface area contributed by atoms with Gasteiger partial charge in [-0.05, 0) is 81.9 Å². The first-order valence-corrected chi connectivity index (χ1v) is 14.3. The molecule has 2 aromatic heterocycles. The molecule has 0 amide bonds. The molecule has 1 aliphatic carbocycles. The number of nitrogens with zero attached hydrogens (tertiary/aromatic N) is 1. The number of fused-ring (bicyclic) bond motifs is 9. The number of hydrogen-bond acceptors (Lipinski definition) is 1. The molecule has 2 heteroatoms. The molecule has 0 saturated heterocycles. The summed E-state index contributed by atoms with van der Waals surface area (Å²) in [6.45, 7) is 4.66. The lowest BCUT2D eigenvalue weighted by molar-refractivity contribution is 0.660. The molecule has 0 radical (unpaired) electrons. The maximum absolute atomic E-state index is 6.33. The average Bonchev–Trinajstić information content (AvgIpc) is 3.62. The summed E-state index contributed by atoms with van der Waals surface area (Å²) >= 11 is 0. The lowest BCUT2D eigenvalue weighted by Gasteiger charge is -2.21. The summed E-state index contributed by atoms with van der Waals surface area (Å²) in [5, 5.41) is 4.81. The first-order valence-electron chi connectivity index (χ1n) is 14.3. The van der Waals surface area contributed by atoms with Crippen LogP contribution in [0.25, 0.3) is 71.7 Å². The third-order valence-electron chi connectivity index (χ3n) is 9.21. The molecule has 1 aliphatic rings. The number of aromatic nitrogens is 1. The van der Waals surface area contributed by atoms with Gasteiger partial charge in [0.25, 0.3) is 0 Å². The van der Waals surface area contributed by atoms with Crippen LogP contribution in [0.4, 0.5) is 0 Å². The Bertz CT molecular complexity index is 2290. The zero-order valence-electron chi connectivity index (χ0n) is 23.0. The molecule has 0 aliphatic heterocycles. The Labute approximate surface area is 238 Å². The first kappa shape index (κ1) is 22.7. The summed E-state index contributed by atoms with van der Waals surface area (Å²) in [6, 6.07) is 46.3. The van der Waals surface area contributed by atoms with Crippen molar-refractivity contribution in [3.63, 3.8) is 0 Å². The zero-order valence-corrected chi connectivity index (χ0v) is 23.0. The summed E-state index contributed by atoms with van der Waals surface area (Å²) in [7, 11) is 0. The average molecular weight is 526 g/mol. The molecule has 0 fully saturated rings.